The molecule has 0 bridgehead atoms. The van der Waals surface area contributed by atoms with E-state index in [-0.39, 0.29) is 0 Å². The van der Waals surface area contributed by atoms with Gasteiger partial charge >= 0.3 is 0 Å². The highest BCUT2D eigenvalue weighted by atomic mass is 15.3. The third-order valence-electron chi connectivity index (χ3n) is 1.90. The monoisotopic (exact) mass is 142 g/mol. The van der Waals surface area contributed by atoms with Crippen molar-refractivity contribution in [1.29, 1.82) is 0 Å². The Morgan fingerprint density at radius 3 is 2.50 bits per heavy atom. The fourth-order valence-electron chi connectivity index (χ4n) is 0.865. The second-order valence-corrected chi connectivity index (χ2v) is 3.37. The Morgan fingerprint density at radius 1 is 1.70 bits per heavy atom. The van der Waals surface area contributed by atoms with Gasteiger partial charge in [-0.2, -0.15) is 0 Å². The van der Waals surface area contributed by atoms with Crippen LogP contribution < -0.4 is 17.0 Å². The molecule has 0 heterocycles. The van der Waals surface area contributed by atoms with Crippen LogP contribution in [0.1, 0.15) is 20.3 Å². The van der Waals surface area contributed by atoms with Gasteiger partial charge in [-0.05, 0) is 11.8 Å². The van der Waals surface area contributed by atoms with E-state index in [1.807, 2.05) is 0 Å². The average Bonchev–Trinajstić information content (AvgIpc) is 2.40. The number of guanidine groups is 1. The average molecular weight is 142 g/mol. The molecule has 0 saturated heterocycles. The summed E-state index contributed by atoms with van der Waals surface area (Å²) in [7, 11) is 0. The summed E-state index contributed by atoms with van der Waals surface area (Å²) in [6.45, 7) is 4.32. The molecule has 0 aliphatic heterocycles. The van der Waals surface area contributed by atoms with Crippen LogP contribution in [0, 0.1) is 5.41 Å². The van der Waals surface area contributed by atoms with Crippen LogP contribution in [-0.4, -0.2) is 12.0 Å². The number of hydrazine groups is 1. The lowest BCUT2D eigenvalue weighted by atomic mass is 10.2. The number of hydrogen-bond donors (Lipinski definition) is 3. The first kappa shape index (κ1) is 7.34. The predicted molar refractivity (Wildman–Crippen MR) is 41.1 cm³/mol. The summed E-state index contributed by atoms with van der Waals surface area (Å²) in [6, 6.07) is 0.364. The van der Waals surface area contributed by atoms with Crippen molar-refractivity contribution in [3.63, 3.8) is 0 Å². The van der Waals surface area contributed by atoms with Gasteiger partial charge in [0.15, 0.2) is 0 Å². The van der Waals surface area contributed by atoms with E-state index < -0.39 is 0 Å². The number of aliphatic imine (C=N–C) groups is 1. The molecule has 1 aliphatic rings. The van der Waals surface area contributed by atoms with Crippen molar-refractivity contribution in [2.24, 2.45) is 22.0 Å². The molecule has 0 amide bonds. The normalized spacial score (nSPS) is 29.9. The van der Waals surface area contributed by atoms with E-state index in [1.165, 1.54) is 0 Å². The van der Waals surface area contributed by atoms with Gasteiger partial charge in [-0.15, -0.1) is 0 Å². The number of hydrogen-bond acceptors (Lipinski definition) is 2. The summed E-state index contributed by atoms with van der Waals surface area (Å²) in [5, 5.41) is 0. The molecule has 0 radical (unpaired) electrons. The Morgan fingerprint density at radius 2 is 2.20 bits per heavy atom. The lowest BCUT2D eigenvalue weighted by Crippen LogP contribution is -2.37. The Balaban J connectivity index is 2.42. The standard InChI is InChI=1S/C6H14N4/c1-6(2)3-4(6)9-5(7)10-8/h4H,3,8H2,1-2H3,(H3,7,9,10). The third-order valence-corrected chi connectivity index (χ3v) is 1.90. The molecule has 0 aromatic rings. The molecule has 1 aliphatic carbocycles. The quantitative estimate of drug-likeness (QED) is 0.201. The summed E-state index contributed by atoms with van der Waals surface area (Å²) >= 11 is 0. The maximum absolute atomic E-state index is 5.35. The molecule has 0 aromatic carbocycles. The van der Waals surface area contributed by atoms with E-state index in [1.54, 1.807) is 0 Å². The molecule has 4 heteroatoms. The zero-order chi connectivity index (χ0) is 7.78. The van der Waals surface area contributed by atoms with E-state index in [9.17, 15) is 0 Å². The van der Waals surface area contributed by atoms with Gasteiger partial charge in [-0.3, -0.25) is 5.43 Å². The smallest absolute Gasteiger partial charge is 0.203 e. The van der Waals surface area contributed by atoms with Gasteiger partial charge in [0, 0.05) is 0 Å². The van der Waals surface area contributed by atoms with Crippen LogP contribution in [0.3, 0.4) is 0 Å². The molecular formula is C6H14N4. The molecule has 0 spiro atoms. The maximum atomic E-state index is 5.35. The molecule has 10 heavy (non-hydrogen) atoms. The number of rotatable bonds is 1. The van der Waals surface area contributed by atoms with Crippen LogP contribution in [-0.2, 0) is 0 Å². The first-order valence-corrected chi connectivity index (χ1v) is 3.36. The van der Waals surface area contributed by atoms with Crippen molar-refractivity contribution in [3.05, 3.63) is 0 Å². The maximum Gasteiger partial charge on any atom is 0.203 e. The van der Waals surface area contributed by atoms with Gasteiger partial charge in [-0.1, -0.05) is 13.8 Å². The van der Waals surface area contributed by atoms with Gasteiger partial charge in [-0.25, -0.2) is 10.8 Å². The van der Waals surface area contributed by atoms with Gasteiger partial charge in [0.2, 0.25) is 5.96 Å². The molecule has 1 saturated carbocycles. The van der Waals surface area contributed by atoms with Crippen LogP contribution in [0.4, 0.5) is 0 Å². The molecule has 5 N–H and O–H groups in total. The largest absolute Gasteiger partial charge is 0.369 e. The Hall–Kier alpha value is -0.770. The van der Waals surface area contributed by atoms with Crippen LogP contribution in [0.15, 0.2) is 4.99 Å². The van der Waals surface area contributed by atoms with Gasteiger partial charge in [0.1, 0.15) is 0 Å². The minimum absolute atomic E-state index is 0.329. The van der Waals surface area contributed by atoms with E-state index >= 15 is 0 Å². The van der Waals surface area contributed by atoms with Gasteiger partial charge < -0.3 is 5.73 Å². The first-order chi connectivity index (χ1) is 4.56. The first-order valence-electron chi connectivity index (χ1n) is 3.36. The minimum atomic E-state index is 0.329. The van der Waals surface area contributed by atoms with Crippen LogP contribution in [0.2, 0.25) is 0 Å². The molecular weight excluding hydrogens is 128 g/mol. The molecule has 1 unspecified atom stereocenters. The Bertz CT molecular complexity index is 161. The summed E-state index contributed by atoms with van der Waals surface area (Å²) < 4.78 is 0. The summed E-state index contributed by atoms with van der Waals surface area (Å²) in [4.78, 5) is 4.12. The lowest BCUT2D eigenvalue weighted by Gasteiger charge is -1.99. The molecule has 0 aromatic heterocycles. The Kier molecular flexibility index (Phi) is 1.56. The number of nitrogens with zero attached hydrogens (tertiary/aromatic N) is 1. The van der Waals surface area contributed by atoms with Crippen molar-refractivity contribution < 1.29 is 0 Å². The van der Waals surface area contributed by atoms with Crippen LogP contribution >= 0.6 is 0 Å². The van der Waals surface area contributed by atoms with Crippen LogP contribution in [0.5, 0.6) is 0 Å². The van der Waals surface area contributed by atoms with E-state index in [2.05, 4.69) is 24.3 Å². The molecule has 1 atom stereocenters. The van der Waals surface area contributed by atoms with E-state index in [0.717, 1.165) is 6.42 Å². The van der Waals surface area contributed by atoms with Crippen molar-refractivity contribution in [3.8, 4) is 0 Å². The Labute approximate surface area is 60.7 Å². The zero-order valence-corrected chi connectivity index (χ0v) is 6.39. The predicted octanol–water partition coefficient (Wildman–Crippen LogP) is -0.437. The number of nitrogens with two attached hydrogens (primary N) is 2. The molecule has 4 nitrogen and oxygen atoms in total. The molecule has 1 fully saturated rings. The SMILES string of the molecule is CC1(C)CC1N=C(N)NN. The van der Waals surface area contributed by atoms with E-state index in [0.29, 0.717) is 17.4 Å². The highest BCUT2D eigenvalue weighted by Crippen LogP contribution is 2.47. The number of nitrogens with one attached hydrogen (secondary N) is 1. The fraction of sp³-hybridized carbons (Fsp3) is 0.833. The lowest BCUT2D eigenvalue weighted by molar-refractivity contribution is 0.617. The van der Waals surface area contributed by atoms with Crippen LogP contribution in [0.25, 0.3) is 0 Å². The minimum Gasteiger partial charge on any atom is -0.369 e. The highest BCUT2D eigenvalue weighted by Gasteiger charge is 2.45. The van der Waals surface area contributed by atoms with E-state index in [4.69, 9.17) is 11.6 Å². The van der Waals surface area contributed by atoms with Crippen molar-refractivity contribution in [2.75, 3.05) is 0 Å². The molecule has 1 rings (SSSR count). The third kappa shape index (κ3) is 1.39. The highest BCUT2D eigenvalue weighted by molar-refractivity contribution is 5.77. The second-order valence-electron chi connectivity index (χ2n) is 3.37. The summed E-state index contributed by atoms with van der Waals surface area (Å²) in [5.74, 6) is 5.36. The zero-order valence-electron chi connectivity index (χ0n) is 6.39. The van der Waals surface area contributed by atoms with Gasteiger partial charge in [0.25, 0.3) is 0 Å². The summed E-state index contributed by atoms with van der Waals surface area (Å²) in [6.07, 6.45) is 1.11. The van der Waals surface area contributed by atoms with Crippen molar-refractivity contribution in [2.45, 2.75) is 26.3 Å². The van der Waals surface area contributed by atoms with Gasteiger partial charge in [0.05, 0.1) is 6.04 Å². The molecule has 58 valence electrons. The topological polar surface area (TPSA) is 76.4 Å². The van der Waals surface area contributed by atoms with Crippen molar-refractivity contribution >= 4 is 5.96 Å². The van der Waals surface area contributed by atoms with Crippen molar-refractivity contribution in [1.82, 2.24) is 5.43 Å². The second kappa shape index (κ2) is 2.12. The summed E-state index contributed by atoms with van der Waals surface area (Å²) in [5.41, 5.74) is 7.99. The fourth-order valence-corrected chi connectivity index (χ4v) is 0.865.